The molecule has 4 atom stereocenters. The van der Waals surface area contributed by atoms with E-state index >= 15 is 0 Å². The van der Waals surface area contributed by atoms with E-state index in [1.807, 2.05) is 24.3 Å². The number of rotatable bonds is 2. The van der Waals surface area contributed by atoms with Gasteiger partial charge in [0.2, 0.25) is 0 Å². The Balaban J connectivity index is 1.48. The monoisotopic (exact) mass is 388 g/mol. The average molecular weight is 388 g/mol. The molecule has 4 unspecified atom stereocenters. The highest BCUT2D eigenvalue weighted by Crippen LogP contribution is 2.60. The number of aryl methyl sites for hydroxylation is 1. The predicted octanol–water partition coefficient (Wildman–Crippen LogP) is 5.11. The zero-order valence-electron chi connectivity index (χ0n) is 16.5. The normalized spacial score (nSPS) is 31.8. The van der Waals surface area contributed by atoms with Crippen LogP contribution in [0, 0.1) is 27.4 Å². The fourth-order valence-corrected chi connectivity index (χ4v) is 6.14. The second-order valence-electron chi connectivity index (χ2n) is 9.00. The van der Waals surface area contributed by atoms with Crippen molar-refractivity contribution in [3.05, 3.63) is 75.1 Å². The first kappa shape index (κ1) is 18.2. The minimum absolute atomic E-state index is 0.182. The topological polar surface area (TPSA) is 73.1 Å². The number of pyridine rings is 1. The molecular formula is C24H24N2O3. The molecule has 29 heavy (non-hydrogen) atoms. The van der Waals surface area contributed by atoms with Crippen molar-refractivity contribution in [1.29, 1.82) is 0 Å². The van der Waals surface area contributed by atoms with Gasteiger partial charge in [-0.05, 0) is 90.3 Å². The first-order chi connectivity index (χ1) is 14.0. The highest BCUT2D eigenvalue weighted by Gasteiger charge is 2.56. The number of hydrogen-bond acceptors (Lipinski definition) is 4. The number of allylic oxidation sites excluding steroid dienone is 1. The molecule has 5 nitrogen and oxygen atoms in total. The molecular weight excluding hydrogens is 364 g/mol. The third-order valence-electron chi connectivity index (χ3n) is 7.61. The Morgan fingerprint density at radius 3 is 2.76 bits per heavy atom. The van der Waals surface area contributed by atoms with Crippen LogP contribution in [-0.4, -0.2) is 15.7 Å². The summed E-state index contributed by atoms with van der Waals surface area (Å²) < 4.78 is 0. The minimum atomic E-state index is -0.309. The number of fused-ring (bicyclic) bond motifs is 5. The van der Waals surface area contributed by atoms with E-state index in [0.29, 0.717) is 23.5 Å². The molecule has 1 heterocycles. The van der Waals surface area contributed by atoms with Gasteiger partial charge in [-0.15, -0.1) is 0 Å². The average Bonchev–Trinajstić information content (AvgIpc) is 2.99. The van der Waals surface area contributed by atoms with Crippen molar-refractivity contribution in [2.45, 2.75) is 44.9 Å². The number of Topliss-reactive ketones (excluding diaryl/α,β-unsaturated/α-hetero) is 1. The van der Waals surface area contributed by atoms with Crippen molar-refractivity contribution in [1.82, 2.24) is 4.98 Å². The van der Waals surface area contributed by atoms with E-state index in [9.17, 15) is 14.9 Å². The van der Waals surface area contributed by atoms with Crippen molar-refractivity contribution in [2.24, 2.45) is 17.3 Å². The highest BCUT2D eigenvalue weighted by molar-refractivity contribution is 6.05. The van der Waals surface area contributed by atoms with Gasteiger partial charge in [-0.3, -0.25) is 19.9 Å². The Hall–Kier alpha value is -2.82. The van der Waals surface area contributed by atoms with E-state index < -0.39 is 0 Å². The fourth-order valence-electron chi connectivity index (χ4n) is 6.14. The zero-order valence-corrected chi connectivity index (χ0v) is 16.5. The molecule has 0 radical (unpaired) electrons. The number of benzene rings is 1. The number of ketones is 1. The summed E-state index contributed by atoms with van der Waals surface area (Å²) in [6, 6.07) is 9.25. The Morgan fingerprint density at radius 1 is 1.21 bits per heavy atom. The van der Waals surface area contributed by atoms with Crippen LogP contribution in [0.4, 0.5) is 5.69 Å². The van der Waals surface area contributed by atoms with Crippen LogP contribution in [-0.2, 0) is 11.2 Å². The van der Waals surface area contributed by atoms with Crippen LogP contribution in [0.15, 0.2) is 48.3 Å². The second-order valence-corrected chi connectivity index (χ2v) is 9.00. The van der Waals surface area contributed by atoms with E-state index in [1.165, 1.54) is 5.56 Å². The van der Waals surface area contributed by atoms with Gasteiger partial charge in [0.25, 0.3) is 5.69 Å². The first-order valence-electron chi connectivity index (χ1n) is 10.4. The summed E-state index contributed by atoms with van der Waals surface area (Å²) in [6.07, 6.45) is 10.1. The van der Waals surface area contributed by atoms with E-state index in [-0.39, 0.29) is 16.0 Å². The summed E-state index contributed by atoms with van der Waals surface area (Å²) in [5.41, 5.74) is 4.27. The molecule has 0 bridgehead atoms. The molecule has 0 aliphatic heterocycles. The minimum Gasteiger partial charge on any atom is -0.294 e. The van der Waals surface area contributed by atoms with Crippen LogP contribution < -0.4 is 0 Å². The highest BCUT2D eigenvalue weighted by atomic mass is 16.6. The van der Waals surface area contributed by atoms with Crippen LogP contribution in [0.3, 0.4) is 0 Å². The van der Waals surface area contributed by atoms with Crippen LogP contribution in [0.25, 0.3) is 6.08 Å². The van der Waals surface area contributed by atoms with Crippen LogP contribution in [0.2, 0.25) is 0 Å². The van der Waals surface area contributed by atoms with Crippen molar-refractivity contribution in [3.63, 3.8) is 0 Å². The Morgan fingerprint density at radius 2 is 2.00 bits per heavy atom. The van der Waals surface area contributed by atoms with E-state index in [4.69, 9.17) is 0 Å². The van der Waals surface area contributed by atoms with Gasteiger partial charge in [-0.1, -0.05) is 13.0 Å². The molecule has 2 aromatic rings. The first-order valence-corrected chi connectivity index (χ1v) is 10.4. The number of carbonyl (C=O) groups is 1. The van der Waals surface area contributed by atoms with Gasteiger partial charge in [0, 0.05) is 29.9 Å². The summed E-state index contributed by atoms with van der Waals surface area (Å²) in [6.45, 7) is 2.16. The molecule has 3 aliphatic rings. The van der Waals surface area contributed by atoms with Crippen LogP contribution >= 0.6 is 0 Å². The number of nitrogens with zero attached hydrogens (tertiary/aromatic N) is 2. The smallest absolute Gasteiger partial charge is 0.269 e. The van der Waals surface area contributed by atoms with Gasteiger partial charge >= 0.3 is 0 Å². The van der Waals surface area contributed by atoms with Crippen LogP contribution in [0.5, 0.6) is 0 Å². The third-order valence-corrected chi connectivity index (χ3v) is 7.61. The quantitative estimate of drug-likeness (QED) is 0.407. The van der Waals surface area contributed by atoms with Gasteiger partial charge in [-0.2, -0.15) is 0 Å². The number of hydrogen-bond donors (Lipinski definition) is 0. The molecule has 0 spiro atoms. The summed E-state index contributed by atoms with van der Waals surface area (Å²) in [5, 5.41) is 11.1. The standard InChI is InChI=1S/C24H24N2O3/c1-24-9-6-20-19-5-3-18(26(28)29)13-16(19)2-4-21(20)22(24)14-17(23(24)27)12-15-7-10-25-11-8-15/h3,5,7-8,10-13,20-22H,2,4,6,9,14H2,1H3/b17-12+. The zero-order chi connectivity index (χ0) is 20.2. The Bertz CT molecular complexity index is 1030. The lowest BCUT2D eigenvalue weighted by atomic mass is 9.55. The largest absolute Gasteiger partial charge is 0.294 e. The van der Waals surface area contributed by atoms with Gasteiger partial charge < -0.3 is 0 Å². The number of carbonyl (C=O) groups excluding carboxylic acids is 1. The molecule has 1 aromatic heterocycles. The molecule has 0 saturated heterocycles. The second kappa shape index (κ2) is 6.61. The molecule has 0 amide bonds. The molecule has 5 heteroatoms. The van der Waals surface area contributed by atoms with Gasteiger partial charge in [0.05, 0.1) is 4.92 Å². The maximum atomic E-state index is 13.3. The molecule has 148 valence electrons. The van der Waals surface area contributed by atoms with E-state index in [1.54, 1.807) is 24.5 Å². The van der Waals surface area contributed by atoms with Crippen molar-refractivity contribution in [2.75, 3.05) is 0 Å². The molecule has 5 rings (SSSR count). The summed E-state index contributed by atoms with van der Waals surface area (Å²) in [5.74, 6) is 1.54. The van der Waals surface area contributed by atoms with E-state index in [2.05, 4.69) is 11.9 Å². The maximum Gasteiger partial charge on any atom is 0.269 e. The summed E-state index contributed by atoms with van der Waals surface area (Å²) in [4.78, 5) is 28.2. The Labute approximate surface area is 170 Å². The van der Waals surface area contributed by atoms with Gasteiger partial charge in [0.15, 0.2) is 5.78 Å². The molecule has 0 N–H and O–H groups in total. The van der Waals surface area contributed by atoms with Crippen molar-refractivity contribution >= 4 is 17.5 Å². The number of nitro benzene ring substituents is 1. The lowest BCUT2D eigenvalue weighted by Gasteiger charge is -2.48. The third kappa shape index (κ3) is 2.83. The lowest BCUT2D eigenvalue weighted by molar-refractivity contribution is -0.384. The van der Waals surface area contributed by atoms with E-state index in [0.717, 1.165) is 48.8 Å². The molecule has 2 saturated carbocycles. The lowest BCUT2D eigenvalue weighted by Crippen LogP contribution is -2.42. The Kier molecular flexibility index (Phi) is 4.16. The van der Waals surface area contributed by atoms with Gasteiger partial charge in [0.1, 0.15) is 0 Å². The molecule has 2 fully saturated rings. The molecule has 1 aromatic carbocycles. The number of non-ortho nitro benzene ring substituents is 1. The maximum absolute atomic E-state index is 13.3. The SMILES string of the molecule is CC12CCC3c4ccc([N+](=O)[O-])cc4CCC3C1C/C(=C\c1ccncc1)C2=O. The number of nitro groups is 1. The number of aromatic nitrogens is 1. The van der Waals surface area contributed by atoms with Crippen LogP contribution in [0.1, 0.15) is 55.2 Å². The molecule has 3 aliphatic carbocycles. The predicted molar refractivity (Wildman–Crippen MR) is 110 cm³/mol. The van der Waals surface area contributed by atoms with Crippen molar-refractivity contribution < 1.29 is 9.72 Å². The van der Waals surface area contributed by atoms with Crippen molar-refractivity contribution in [3.8, 4) is 0 Å². The summed E-state index contributed by atoms with van der Waals surface area (Å²) in [7, 11) is 0. The summed E-state index contributed by atoms with van der Waals surface area (Å²) >= 11 is 0. The van der Waals surface area contributed by atoms with Gasteiger partial charge in [-0.25, -0.2) is 0 Å². The fraction of sp³-hybridized carbons (Fsp3) is 0.417.